The van der Waals surface area contributed by atoms with E-state index in [1.165, 1.54) is 18.8 Å². The predicted molar refractivity (Wildman–Crippen MR) is 83.6 cm³/mol. The highest BCUT2D eigenvalue weighted by Gasteiger charge is 2.37. The standard InChI is InChI=1S/C13H13F3N4OS2/c1-20-11(13(14,15)16)18-19-12(20)23-7-10(21)17-8-5-3-4-6-9(8)22-2/h3-6H,7H2,1-2H3,(H,17,21). The fourth-order valence-electron chi connectivity index (χ4n) is 1.75. The molecular formula is C13H13F3N4OS2. The lowest BCUT2D eigenvalue weighted by Gasteiger charge is -2.09. The third-order valence-electron chi connectivity index (χ3n) is 2.80. The number of nitrogens with one attached hydrogen (secondary N) is 1. The van der Waals surface area contributed by atoms with Crippen LogP contribution in [0.5, 0.6) is 0 Å². The number of carbonyl (C=O) groups is 1. The van der Waals surface area contributed by atoms with Crippen molar-refractivity contribution < 1.29 is 18.0 Å². The van der Waals surface area contributed by atoms with Crippen molar-refractivity contribution in [3.05, 3.63) is 30.1 Å². The van der Waals surface area contributed by atoms with Gasteiger partial charge in [0.25, 0.3) is 0 Å². The molecular weight excluding hydrogens is 349 g/mol. The van der Waals surface area contributed by atoms with Crippen LogP contribution in [-0.4, -0.2) is 32.7 Å². The maximum Gasteiger partial charge on any atom is 0.451 e. The summed E-state index contributed by atoms with van der Waals surface area (Å²) in [5.74, 6) is -1.48. The monoisotopic (exact) mass is 362 g/mol. The topological polar surface area (TPSA) is 59.8 Å². The largest absolute Gasteiger partial charge is 0.451 e. The molecule has 1 heterocycles. The molecule has 0 fully saturated rings. The van der Waals surface area contributed by atoms with E-state index in [0.29, 0.717) is 5.69 Å². The number of carbonyl (C=O) groups excluding carboxylic acids is 1. The lowest BCUT2D eigenvalue weighted by Crippen LogP contribution is -2.16. The summed E-state index contributed by atoms with van der Waals surface area (Å²) in [6, 6.07) is 7.28. The SMILES string of the molecule is CSc1ccccc1NC(=O)CSc1nnc(C(F)(F)F)n1C. The summed E-state index contributed by atoms with van der Waals surface area (Å²) < 4.78 is 38.7. The fraction of sp³-hybridized carbons (Fsp3) is 0.308. The Balaban J connectivity index is 1.99. The van der Waals surface area contributed by atoms with Crippen LogP contribution in [0.3, 0.4) is 0 Å². The second-order valence-corrected chi connectivity index (χ2v) is 6.19. The van der Waals surface area contributed by atoms with Gasteiger partial charge in [0, 0.05) is 11.9 Å². The van der Waals surface area contributed by atoms with Crippen LogP contribution in [0, 0.1) is 0 Å². The Hall–Kier alpha value is -1.68. The van der Waals surface area contributed by atoms with Gasteiger partial charge in [-0.15, -0.1) is 22.0 Å². The molecule has 2 aromatic rings. The molecule has 0 unspecified atom stereocenters. The minimum atomic E-state index is -4.57. The predicted octanol–water partition coefficient (Wildman–Crippen LogP) is 3.29. The molecule has 1 N–H and O–H groups in total. The maximum atomic E-state index is 12.6. The van der Waals surface area contributed by atoms with Crippen molar-refractivity contribution in [1.82, 2.24) is 14.8 Å². The van der Waals surface area contributed by atoms with E-state index < -0.39 is 12.0 Å². The zero-order valence-electron chi connectivity index (χ0n) is 12.2. The molecule has 2 rings (SSSR count). The van der Waals surface area contributed by atoms with Gasteiger partial charge < -0.3 is 9.88 Å². The number of thioether (sulfide) groups is 2. The number of nitrogens with zero attached hydrogens (tertiary/aromatic N) is 3. The number of halogens is 3. The highest BCUT2D eigenvalue weighted by Crippen LogP contribution is 2.30. The van der Waals surface area contributed by atoms with Crippen molar-refractivity contribution in [2.24, 2.45) is 7.05 Å². The normalized spacial score (nSPS) is 11.5. The second-order valence-electron chi connectivity index (χ2n) is 4.40. The van der Waals surface area contributed by atoms with Crippen molar-refractivity contribution in [2.75, 3.05) is 17.3 Å². The molecule has 23 heavy (non-hydrogen) atoms. The molecule has 10 heteroatoms. The van der Waals surface area contributed by atoms with Gasteiger partial charge in [-0.25, -0.2) is 0 Å². The number of hydrogen-bond donors (Lipinski definition) is 1. The number of para-hydroxylation sites is 1. The minimum absolute atomic E-state index is 0.0330. The zero-order valence-corrected chi connectivity index (χ0v) is 13.8. The first kappa shape index (κ1) is 17.7. The quantitative estimate of drug-likeness (QED) is 0.827. The summed E-state index contributed by atoms with van der Waals surface area (Å²) in [7, 11) is 1.21. The Morgan fingerprint density at radius 2 is 2.00 bits per heavy atom. The van der Waals surface area contributed by atoms with Crippen molar-refractivity contribution in [3.8, 4) is 0 Å². The Labute approximate surface area is 139 Å². The van der Waals surface area contributed by atoms with Gasteiger partial charge in [0.2, 0.25) is 11.7 Å². The molecule has 0 radical (unpaired) electrons. The molecule has 0 aliphatic rings. The molecule has 1 aromatic heterocycles. The lowest BCUT2D eigenvalue weighted by molar-refractivity contribution is -0.147. The summed E-state index contributed by atoms with van der Waals surface area (Å²) in [6.45, 7) is 0. The molecule has 124 valence electrons. The first-order chi connectivity index (χ1) is 10.8. The van der Waals surface area contributed by atoms with Crippen LogP contribution >= 0.6 is 23.5 Å². The van der Waals surface area contributed by atoms with E-state index in [4.69, 9.17) is 0 Å². The molecule has 0 saturated carbocycles. The first-order valence-electron chi connectivity index (χ1n) is 6.35. The van der Waals surface area contributed by atoms with Gasteiger partial charge in [0.15, 0.2) is 5.16 Å². The minimum Gasteiger partial charge on any atom is -0.324 e. The molecule has 1 aromatic carbocycles. The molecule has 0 atom stereocenters. The van der Waals surface area contributed by atoms with E-state index in [1.54, 1.807) is 12.1 Å². The van der Waals surface area contributed by atoms with Gasteiger partial charge in [-0.05, 0) is 18.4 Å². The summed E-state index contributed by atoms with van der Waals surface area (Å²) in [5.41, 5.74) is 0.666. The highest BCUT2D eigenvalue weighted by atomic mass is 32.2. The van der Waals surface area contributed by atoms with E-state index in [9.17, 15) is 18.0 Å². The maximum absolute atomic E-state index is 12.6. The number of alkyl halides is 3. The van der Waals surface area contributed by atoms with Crippen molar-refractivity contribution in [3.63, 3.8) is 0 Å². The van der Waals surface area contributed by atoms with Crippen LogP contribution in [0.2, 0.25) is 0 Å². The van der Waals surface area contributed by atoms with Gasteiger partial charge >= 0.3 is 6.18 Å². The molecule has 1 amide bonds. The first-order valence-corrected chi connectivity index (χ1v) is 8.56. The van der Waals surface area contributed by atoms with Gasteiger partial charge in [-0.2, -0.15) is 13.2 Å². The van der Waals surface area contributed by atoms with Crippen molar-refractivity contribution >= 4 is 35.1 Å². The Kier molecular flexibility index (Phi) is 5.58. The van der Waals surface area contributed by atoms with Crippen LogP contribution in [0.25, 0.3) is 0 Å². The highest BCUT2D eigenvalue weighted by molar-refractivity contribution is 7.99. The fourth-order valence-corrected chi connectivity index (χ4v) is 3.02. The molecule has 0 bridgehead atoms. The van der Waals surface area contributed by atoms with Crippen molar-refractivity contribution in [1.29, 1.82) is 0 Å². The number of hydrogen-bond acceptors (Lipinski definition) is 5. The number of anilines is 1. The van der Waals surface area contributed by atoms with Crippen LogP contribution in [-0.2, 0) is 18.0 Å². The van der Waals surface area contributed by atoms with Crippen LogP contribution in [0.15, 0.2) is 34.3 Å². The van der Waals surface area contributed by atoms with E-state index >= 15 is 0 Å². The number of amides is 1. The zero-order chi connectivity index (χ0) is 17.0. The van der Waals surface area contributed by atoms with Crippen LogP contribution < -0.4 is 5.32 Å². The summed E-state index contributed by atoms with van der Waals surface area (Å²) in [6.07, 6.45) is -2.68. The molecule has 0 aliphatic heterocycles. The van der Waals surface area contributed by atoms with Gasteiger partial charge in [0.1, 0.15) is 0 Å². The van der Waals surface area contributed by atoms with Gasteiger partial charge in [-0.3, -0.25) is 4.79 Å². The third-order valence-corrected chi connectivity index (χ3v) is 4.62. The van der Waals surface area contributed by atoms with E-state index in [-0.39, 0.29) is 16.8 Å². The summed E-state index contributed by atoms with van der Waals surface area (Å²) in [4.78, 5) is 12.9. The average molecular weight is 362 g/mol. The lowest BCUT2D eigenvalue weighted by atomic mass is 10.3. The molecule has 0 spiro atoms. The van der Waals surface area contributed by atoms with E-state index in [1.807, 2.05) is 18.4 Å². The Morgan fingerprint density at radius 1 is 1.30 bits per heavy atom. The Bertz CT molecular complexity index is 703. The number of benzene rings is 1. The number of rotatable bonds is 5. The molecule has 5 nitrogen and oxygen atoms in total. The summed E-state index contributed by atoms with van der Waals surface area (Å²) in [5, 5.41) is 9.34. The van der Waals surface area contributed by atoms with Gasteiger partial charge in [-0.1, -0.05) is 23.9 Å². The Morgan fingerprint density at radius 3 is 2.61 bits per heavy atom. The summed E-state index contributed by atoms with van der Waals surface area (Å²) >= 11 is 2.38. The van der Waals surface area contributed by atoms with Gasteiger partial charge in [0.05, 0.1) is 11.4 Å². The second kappa shape index (κ2) is 7.26. The average Bonchev–Trinajstić information content (AvgIpc) is 2.87. The van der Waals surface area contributed by atoms with E-state index in [2.05, 4.69) is 15.5 Å². The van der Waals surface area contributed by atoms with Crippen LogP contribution in [0.4, 0.5) is 18.9 Å². The third kappa shape index (κ3) is 4.41. The number of aromatic nitrogens is 3. The molecule has 0 aliphatic carbocycles. The van der Waals surface area contributed by atoms with Crippen molar-refractivity contribution in [2.45, 2.75) is 16.2 Å². The smallest absolute Gasteiger partial charge is 0.324 e. The van der Waals surface area contributed by atoms with E-state index in [0.717, 1.165) is 21.2 Å². The molecule has 0 saturated heterocycles. The van der Waals surface area contributed by atoms with Crippen LogP contribution in [0.1, 0.15) is 5.82 Å².